The number of hydrogen-bond donors (Lipinski definition) is 4. The number of hydrogen-bond acceptors (Lipinski definition) is 4. The zero-order chi connectivity index (χ0) is 14.9. The molecule has 0 saturated heterocycles. The molecule has 0 aliphatic carbocycles. The van der Waals surface area contributed by atoms with E-state index in [0.717, 1.165) is 45.6 Å². The van der Waals surface area contributed by atoms with Crippen LogP contribution < -0.4 is 22.1 Å². The Labute approximate surface area is 126 Å². The molecular formula is C16H38N4. The van der Waals surface area contributed by atoms with E-state index in [1.54, 1.807) is 0 Å². The van der Waals surface area contributed by atoms with Crippen molar-refractivity contribution < 1.29 is 0 Å². The lowest BCUT2D eigenvalue weighted by molar-refractivity contribution is 0.501. The van der Waals surface area contributed by atoms with Crippen molar-refractivity contribution in [2.75, 3.05) is 32.7 Å². The van der Waals surface area contributed by atoms with E-state index in [-0.39, 0.29) is 0 Å². The summed E-state index contributed by atoms with van der Waals surface area (Å²) in [6, 6.07) is 0.412. The fourth-order valence-electron chi connectivity index (χ4n) is 2.24. The fourth-order valence-corrected chi connectivity index (χ4v) is 2.24. The van der Waals surface area contributed by atoms with E-state index < -0.39 is 0 Å². The maximum Gasteiger partial charge on any atom is 0.00392 e. The first-order chi connectivity index (χ1) is 9.81. The Balaban J connectivity index is 3.02. The lowest BCUT2D eigenvalue weighted by atomic mass is 10.1. The second-order valence-corrected chi connectivity index (χ2v) is 5.75. The molecular weight excluding hydrogens is 248 g/mol. The van der Waals surface area contributed by atoms with Gasteiger partial charge in [-0.2, -0.15) is 0 Å². The van der Waals surface area contributed by atoms with E-state index in [9.17, 15) is 0 Å². The number of nitrogens with two attached hydrogens (primary N) is 2. The van der Waals surface area contributed by atoms with Gasteiger partial charge in [-0.25, -0.2) is 0 Å². The molecule has 0 bridgehead atoms. The molecule has 20 heavy (non-hydrogen) atoms. The maximum atomic E-state index is 6.05. The third kappa shape index (κ3) is 15.9. The molecule has 0 aliphatic rings. The van der Waals surface area contributed by atoms with E-state index in [2.05, 4.69) is 17.6 Å². The van der Waals surface area contributed by atoms with E-state index in [4.69, 9.17) is 11.5 Å². The summed E-state index contributed by atoms with van der Waals surface area (Å²) in [7, 11) is 0. The van der Waals surface area contributed by atoms with E-state index in [1.165, 1.54) is 44.9 Å². The molecule has 1 atom stereocenters. The molecule has 0 radical (unpaired) electrons. The summed E-state index contributed by atoms with van der Waals surface area (Å²) < 4.78 is 0. The average Bonchev–Trinajstić information content (AvgIpc) is 2.46. The molecule has 6 N–H and O–H groups in total. The zero-order valence-corrected chi connectivity index (χ0v) is 13.6. The first-order valence-electron chi connectivity index (χ1n) is 8.68. The van der Waals surface area contributed by atoms with Gasteiger partial charge in [0.15, 0.2) is 0 Å². The van der Waals surface area contributed by atoms with Crippen LogP contribution in [0, 0.1) is 0 Å². The first kappa shape index (κ1) is 19.8. The molecule has 0 aromatic carbocycles. The van der Waals surface area contributed by atoms with Crippen molar-refractivity contribution in [2.24, 2.45) is 11.5 Å². The van der Waals surface area contributed by atoms with Gasteiger partial charge in [0.05, 0.1) is 0 Å². The molecule has 0 saturated carbocycles. The molecule has 0 spiro atoms. The van der Waals surface area contributed by atoms with Crippen molar-refractivity contribution in [1.29, 1.82) is 0 Å². The number of rotatable bonds is 16. The SMILES string of the molecule is CCCCC(N)CCCNCCCCNCCCCN. The van der Waals surface area contributed by atoms with E-state index in [1.807, 2.05) is 0 Å². The molecule has 0 rings (SSSR count). The Bertz CT molecular complexity index is 176. The summed E-state index contributed by atoms with van der Waals surface area (Å²) in [6.45, 7) is 7.53. The van der Waals surface area contributed by atoms with Gasteiger partial charge in [0.25, 0.3) is 0 Å². The third-order valence-electron chi connectivity index (χ3n) is 3.62. The predicted molar refractivity (Wildman–Crippen MR) is 90.0 cm³/mol. The summed E-state index contributed by atoms with van der Waals surface area (Å²) in [5.41, 5.74) is 11.5. The van der Waals surface area contributed by atoms with Crippen molar-refractivity contribution >= 4 is 0 Å². The van der Waals surface area contributed by atoms with Crippen LogP contribution in [-0.4, -0.2) is 38.8 Å². The fraction of sp³-hybridized carbons (Fsp3) is 1.00. The summed E-state index contributed by atoms with van der Waals surface area (Å²) in [5.74, 6) is 0. The highest BCUT2D eigenvalue weighted by Crippen LogP contribution is 2.03. The standard InChI is InChI=1S/C16H38N4/c1-2-3-9-16(18)10-8-15-20-14-7-6-13-19-12-5-4-11-17/h16,19-20H,2-15,17-18H2,1H3. The van der Waals surface area contributed by atoms with E-state index >= 15 is 0 Å². The highest BCUT2D eigenvalue weighted by atomic mass is 14.9. The molecule has 0 amide bonds. The Morgan fingerprint density at radius 3 is 1.80 bits per heavy atom. The Hall–Kier alpha value is -0.160. The highest BCUT2D eigenvalue weighted by Gasteiger charge is 2.00. The molecule has 1 unspecified atom stereocenters. The van der Waals surface area contributed by atoms with Gasteiger partial charge >= 0.3 is 0 Å². The first-order valence-corrected chi connectivity index (χ1v) is 8.68. The molecule has 4 nitrogen and oxygen atoms in total. The van der Waals surface area contributed by atoms with Gasteiger partial charge in [0, 0.05) is 6.04 Å². The molecule has 0 aliphatic heterocycles. The zero-order valence-electron chi connectivity index (χ0n) is 13.6. The van der Waals surface area contributed by atoms with Crippen LogP contribution in [0.15, 0.2) is 0 Å². The Kier molecular flexibility index (Phi) is 16.8. The smallest absolute Gasteiger partial charge is 0.00392 e. The summed E-state index contributed by atoms with van der Waals surface area (Å²) in [6.07, 6.45) is 10.9. The minimum Gasteiger partial charge on any atom is -0.330 e. The van der Waals surface area contributed by atoms with Crippen molar-refractivity contribution in [3.63, 3.8) is 0 Å². The van der Waals surface area contributed by atoms with Crippen molar-refractivity contribution in [3.05, 3.63) is 0 Å². The molecule has 0 aromatic heterocycles. The molecule has 0 heterocycles. The average molecular weight is 287 g/mol. The highest BCUT2D eigenvalue weighted by molar-refractivity contribution is 4.62. The van der Waals surface area contributed by atoms with Crippen molar-refractivity contribution in [1.82, 2.24) is 10.6 Å². The van der Waals surface area contributed by atoms with Crippen molar-refractivity contribution in [3.8, 4) is 0 Å². The second kappa shape index (κ2) is 16.9. The normalized spacial score (nSPS) is 12.8. The van der Waals surface area contributed by atoms with Gasteiger partial charge in [0.1, 0.15) is 0 Å². The van der Waals surface area contributed by atoms with Crippen LogP contribution in [-0.2, 0) is 0 Å². The molecule has 122 valence electrons. The Morgan fingerprint density at radius 1 is 0.750 bits per heavy atom. The quantitative estimate of drug-likeness (QED) is 0.327. The van der Waals surface area contributed by atoms with Crippen LogP contribution in [0.3, 0.4) is 0 Å². The van der Waals surface area contributed by atoms with Crippen LogP contribution in [0.25, 0.3) is 0 Å². The topological polar surface area (TPSA) is 76.1 Å². The minimum atomic E-state index is 0.412. The van der Waals surface area contributed by atoms with Crippen LogP contribution in [0.1, 0.15) is 64.7 Å². The van der Waals surface area contributed by atoms with Gasteiger partial charge in [-0.3, -0.25) is 0 Å². The number of nitrogens with one attached hydrogen (secondary N) is 2. The van der Waals surface area contributed by atoms with Crippen molar-refractivity contribution in [2.45, 2.75) is 70.8 Å². The van der Waals surface area contributed by atoms with Crippen LogP contribution >= 0.6 is 0 Å². The minimum absolute atomic E-state index is 0.412. The second-order valence-electron chi connectivity index (χ2n) is 5.75. The van der Waals surface area contributed by atoms with E-state index in [0.29, 0.717) is 6.04 Å². The van der Waals surface area contributed by atoms with Gasteiger partial charge < -0.3 is 22.1 Å². The van der Waals surface area contributed by atoms with Gasteiger partial charge in [0.2, 0.25) is 0 Å². The van der Waals surface area contributed by atoms with Crippen LogP contribution in [0.2, 0.25) is 0 Å². The summed E-state index contributed by atoms with van der Waals surface area (Å²) >= 11 is 0. The van der Waals surface area contributed by atoms with Crippen LogP contribution in [0.5, 0.6) is 0 Å². The summed E-state index contributed by atoms with van der Waals surface area (Å²) in [4.78, 5) is 0. The number of unbranched alkanes of at least 4 members (excludes halogenated alkanes) is 3. The lowest BCUT2D eigenvalue weighted by Crippen LogP contribution is -2.24. The predicted octanol–water partition coefficient (Wildman–Crippen LogP) is 1.98. The summed E-state index contributed by atoms with van der Waals surface area (Å²) in [5, 5.41) is 6.97. The maximum absolute atomic E-state index is 6.05. The Morgan fingerprint density at radius 2 is 1.25 bits per heavy atom. The molecule has 4 heteroatoms. The third-order valence-corrected chi connectivity index (χ3v) is 3.62. The van der Waals surface area contributed by atoms with Gasteiger partial charge in [-0.1, -0.05) is 19.8 Å². The molecule has 0 fully saturated rings. The largest absolute Gasteiger partial charge is 0.330 e. The monoisotopic (exact) mass is 286 g/mol. The van der Waals surface area contributed by atoms with Gasteiger partial charge in [-0.15, -0.1) is 0 Å². The van der Waals surface area contributed by atoms with Crippen LogP contribution in [0.4, 0.5) is 0 Å². The molecule has 0 aromatic rings. The lowest BCUT2D eigenvalue weighted by Gasteiger charge is -2.11. The van der Waals surface area contributed by atoms with Gasteiger partial charge in [-0.05, 0) is 77.7 Å².